The summed E-state index contributed by atoms with van der Waals surface area (Å²) < 4.78 is 5.54. The van der Waals surface area contributed by atoms with Crippen molar-refractivity contribution in [2.24, 2.45) is 0 Å². The third kappa shape index (κ3) is 5.72. The van der Waals surface area contributed by atoms with Crippen LogP contribution in [-0.4, -0.2) is 63.5 Å². The highest BCUT2D eigenvalue weighted by Gasteiger charge is 2.25. The molecule has 5 rings (SSSR count). The number of H-pyrrole nitrogens is 1. The van der Waals surface area contributed by atoms with Gasteiger partial charge in [-0.15, -0.1) is 16.4 Å². The lowest BCUT2D eigenvalue weighted by atomic mass is 9.87. The van der Waals surface area contributed by atoms with Gasteiger partial charge in [0, 0.05) is 37.2 Å². The van der Waals surface area contributed by atoms with E-state index in [0.717, 1.165) is 16.2 Å². The minimum atomic E-state index is -0.317. The molecule has 0 atom stereocenters. The number of carbonyl (C=O) groups is 2. The van der Waals surface area contributed by atoms with Gasteiger partial charge in [0.1, 0.15) is 17.8 Å². The molecule has 2 aromatic heterocycles. The highest BCUT2D eigenvalue weighted by atomic mass is 32.1. The first-order valence-corrected chi connectivity index (χ1v) is 13.0. The molecular formula is C26H29N7O3S. The molecule has 1 saturated heterocycles. The lowest BCUT2D eigenvalue weighted by Gasteiger charge is -2.33. The fourth-order valence-electron chi connectivity index (χ4n) is 4.05. The molecule has 2 aromatic carbocycles. The van der Waals surface area contributed by atoms with Crippen LogP contribution in [0.3, 0.4) is 0 Å². The number of thiazole rings is 1. The topological polar surface area (TPSA) is 116 Å². The van der Waals surface area contributed by atoms with Gasteiger partial charge in [-0.05, 0) is 34.7 Å². The van der Waals surface area contributed by atoms with Crippen molar-refractivity contribution in [2.45, 2.75) is 32.8 Å². The molecule has 192 valence electrons. The van der Waals surface area contributed by atoms with E-state index in [1.807, 2.05) is 18.2 Å². The largest absolute Gasteiger partial charge is 0.445 e. The molecule has 0 radical (unpaired) electrons. The Morgan fingerprint density at radius 3 is 2.57 bits per heavy atom. The number of carbonyl (C=O) groups excluding carboxylic acids is 2. The molecule has 1 aliphatic rings. The second-order valence-corrected chi connectivity index (χ2v) is 10.8. The van der Waals surface area contributed by atoms with Gasteiger partial charge in [0.2, 0.25) is 0 Å². The maximum Gasteiger partial charge on any atom is 0.410 e. The summed E-state index contributed by atoms with van der Waals surface area (Å²) in [7, 11) is 0. The number of amides is 2. The van der Waals surface area contributed by atoms with Gasteiger partial charge < -0.3 is 19.9 Å². The Bertz CT molecular complexity index is 1400. The summed E-state index contributed by atoms with van der Waals surface area (Å²) in [4.78, 5) is 33.6. The van der Waals surface area contributed by atoms with Crippen molar-refractivity contribution >= 4 is 45.2 Å². The molecule has 1 aliphatic heterocycles. The minimum Gasteiger partial charge on any atom is -0.445 e. The lowest BCUT2D eigenvalue weighted by Crippen LogP contribution is -2.49. The van der Waals surface area contributed by atoms with E-state index in [0.29, 0.717) is 43.1 Å². The zero-order valence-electron chi connectivity index (χ0n) is 21.0. The molecule has 37 heavy (non-hydrogen) atoms. The fraction of sp³-hybridized carbons (Fsp3) is 0.346. The number of hydrogen-bond acceptors (Lipinski definition) is 8. The molecule has 2 amide bonds. The molecule has 4 aromatic rings. The van der Waals surface area contributed by atoms with E-state index in [1.165, 1.54) is 16.9 Å². The van der Waals surface area contributed by atoms with Crippen LogP contribution in [0, 0.1) is 0 Å². The van der Waals surface area contributed by atoms with Crippen LogP contribution >= 0.6 is 11.3 Å². The first-order chi connectivity index (χ1) is 17.8. The molecule has 11 heteroatoms. The first-order valence-electron chi connectivity index (χ1n) is 12.1. The van der Waals surface area contributed by atoms with E-state index in [2.05, 4.69) is 63.5 Å². The van der Waals surface area contributed by atoms with Gasteiger partial charge in [-0.1, -0.05) is 50.3 Å². The molecule has 0 spiro atoms. The second-order valence-electron chi connectivity index (χ2n) is 9.99. The maximum absolute atomic E-state index is 12.7. The second kappa shape index (κ2) is 10.2. The number of benzene rings is 2. The van der Waals surface area contributed by atoms with Gasteiger partial charge in [-0.3, -0.25) is 9.89 Å². The number of aromatic amines is 1. The number of ether oxygens (including phenoxy) is 1. The predicted molar refractivity (Wildman–Crippen MR) is 143 cm³/mol. The molecule has 0 aliphatic carbocycles. The summed E-state index contributed by atoms with van der Waals surface area (Å²) in [5.74, 6) is -0.289. The highest BCUT2D eigenvalue weighted by Crippen LogP contribution is 2.24. The normalized spacial score (nSPS) is 14.1. The Balaban J connectivity index is 1.10. The van der Waals surface area contributed by atoms with E-state index >= 15 is 0 Å². The van der Waals surface area contributed by atoms with Crippen molar-refractivity contribution < 1.29 is 14.3 Å². The van der Waals surface area contributed by atoms with Crippen molar-refractivity contribution in [3.8, 4) is 0 Å². The number of aromatic nitrogens is 4. The molecule has 0 saturated carbocycles. The highest BCUT2D eigenvalue weighted by molar-refractivity contribution is 7.14. The van der Waals surface area contributed by atoms with Crippen molar-refractivity contribution in [3.63, 3.8) is 0 Å². The Morgan fingerprint density at radius 1 is 1.08 bits per heavy atom. The van der Waals surface area contributed by atoms with E-state index in [4.69, 9.17) is 4.74 Å². The van der Waals surface area contributed by atoms with E-state index in [-0.39, 0.29) is 24.0 Å². The van der Waals surface area contributed by atoms with Gasteiger partial charge in [0.05, 0.1) is 5.52 Å². The van der Waals surface area contributed by atoms with Crippen molar-refractivity contribution in [2.75, 3.05) is 36.4 Å². The van der Waals surface area contributed by atoms with Crippen molar-refractivity contribution in [1.29, 1.82) is 0 Å². The Labute approximate surface area is 218 Å². The summed E-state index contributed by atoms with van der Waals surface area (Å²) in [6.07, 6.45) is -0.317. The minimum absolute atomic E-state index is 0.0874. The standard InChI is InChI=1S/C26H29N7O3S/c1-26(2,3)18-6-4-17(5-7-18)15-36-25(35)33-12-10-32(11-13-33)24-28-22(16-37-24)23(34)27-19-8-9-20-21(14-19)30-31-29-20/h4-9,14,16H,10-13,15H2,1-3H3,(H,27,34)(H,29,30,31). The van der Waals surface area contributed by atoms with Crippen LogP contribution < -0.4 is 10.2 Å². The lowest BCUT2D eigenvalue weighted by molar-refractivity contribution is 0.0941. The van der Waals surface area contributed by atoms with Gasteiger partial charge in [-0.2, -0.15) is 0 Å². The number of nitrogens with zero attached hydrogens (tertiary/aromatic N) is 5. The number of piperazine rings is 1. The van der Waals surface area contributed by atoms with Gasteiger partial charge in [0.25, 0.3) is 5.91 Å². The summed E-state index contributed by atoms with van der Waals surface area (Å²) in [6, 6.07) is 13.5. The van der Waals surface area contributed by atoms with Crippen LogP contribution in [-0.2, 0) is 16.8 Å². The predicted octanol–water partition coefficient (Wildman–Crippen LogP) is 4.42. The Kier molecular flexibility index (Phi) is 6.79. The van der Waals surface area contributed by atoms with Crippen LogP contribution in [0.1, 0.15) is 42.4 Å². The van der Waals surface area contributed by atoms with Gasteiger partial charge >= 0.3 is 6.09 Å². The van der Waals surface area contributed by atoms with E-state index in [1.54, 1.807) is 22.4 Å². The average molecular weight is 520 g/mol. The third-order valence-corrected chi connectivity index (χ3v) is 7.20. The summed E-state index contributed by atoms with van der Waals surface area (Å²) in [6.45, 7) is 9.05. The summed E-state index contributed by atoms with van der Waals surface area (Å²) in [5, 5.41) is 15.8. The molecule has 2 N–H and O–H groups in total. The molecule has 0 unspecified atom stereocenters. The SMILES string of the molecule is CC(C)(C)c1ccc(COC(=O)N2CCN(c3nc(C(=O)Nc4ccc5[nH]nnc5c4)cs3)CC2)cc1. The fourth-order valence-corrected chi connectivity index (χ4v) is 4.91. The smallest absolute Gasteiger partial charge is 0.410 e. The number of anilines is 2. The Morgan fingerprint density at radius 2 is 1.84 bits per heavy atom. The number of rotatable bonds is 5. The van der Waals surface area contributed by atoms with Gasteiger partial charge in [-0.25, -0.2) is 9.78 Å². The molecule has 10 nitrogen and oxygen atoms in total. The van der Waals surface area contributed by atoms with Crippen LogP contribution in [0.4, 0.5) is 15.6 Å². The average Bonchev–Trinajstić information content (AvgIpc) is 3.57. The third-order valence-electron chi connectivity index (χ3n) is 6.30. The van der Waals surface area contributed by atoms with Crippen LogP contribution in [0.2, 0.25) is 0 Å². The van der Waals surface area contributed by atoms with Crippen LogP contribution in [0.5, 0.6) is 0 Å². The van der Waals surface area contributed by atoms with Crippen molar-refractivity contribution in [3.05, 3.63) is 64.7 Å². The van der Waals surface area contributed by atoms with Crippen molar-refractivity contribution in [1.82, 2.24) is 25.3 Å². The first kappa shape index (κ1) is 24.7. The molecule has 0 bridgehead atoms. The zero-order valence-corrected chi connectivity index (χ0v) is 21.8. The monoisotopic (exact) mass is 519 g/mol. The van der Waals surface area contributed by atoms with Gasteiger partial charge in [0.15, 0.2) is 5.13 Å². The molecule has 3 heterocycles. The van der Waals surface area contributed by atoms with E-state index < -0.39 is 0 Å². The summed E-state index contributed by atoms with van der Waals surface area (Å²) >= 11 is 1.41. The number of fused-ring (bicyclic) bond motifs is 1. The van der Waals surface area contributed by atoms with Crippen LogP contribution in [0.25, 0.3) is 11.0 Å². The Hall–Kier alpha value is -3.99. The van der Waals surface area contributed by atoms with Crippen LogP contribution in [0.15, 0.2) is 47.8 Å². The summed E-state index contributed by atoms with van der Waals surface area (Å²) in [5.41, 5.74) is 4.74. The quantitative estimate of drug-likeness (QED) is 0.401. The number of nitrogens with one attached hydrogen (secondary N) is 2. The van der Waals surface area contributed by atoms with E-state index in [9.17, 15) is 9.59 Å². The number of hydrogen-bond donors (Lipinski definition) is 2. The zero-order chi connectivity index (χ0) is 26.0. The molecular weight excluding hydrogens is 490 g/mol. The maximum atomic E-state index is 12.7. The molecule has 1 fully saturated rings.